The minimum atomic E-state index is -3.22. The molecular formula is C8H8F4. The molecule has 0 aromatic carbocycles. The second-order valence-electron chi connectivity index (χ2n) is 2.83. The monoisotopic (exact) mass is 180 g/mol. The van der Waals surface area contributed by atoms with E-state index in [4.69, 9.17) is 0 Å². The van der Waals surface area contributed by atoms with E-state index in [1.807, 2.05) is 0 Å². The number of rotatable bonds is 0. The van der Waals surface area contributed by atoms with E-state index in [1.165, 1.54) is 0 Å². The van der Waals surface area contributed by atoms with Crippen LogP contribution in [-0.4, -0.2) is 11.8 Å². The Balaban J connectivity index is 3.18. The van der Waals surface area contributed by atoms with Gasteiger partial charge in [-0.1, -0.05) is 0 Å². The second-order valence-corrected chi connectivity index (χ2v) is 2.83. The van der Waals surface area contributed by atoms with Crippen LogP contribution in [0.15, 0.2) is 23.3 Å². The first-order valence-corrected chi connectivity index (χ1v) is 3.42. The maximum Gasteiger partial charge on any atom is 0.288 e. The topological polar surface area (TPSA) is 0 Å². The molecule has 68 valence electrons. The number of hydrogen-bond acceptors (Lipinski definition) is 0. The first kappa shape index (κ1) is 9.29. The average Bonchev–Trinajstić information content (AvgIpc) is 1.96. The summed E-state index contributed by atoms with van der Waals surface area (Å²) >= 11 is 0. The Morgan fingerprint density at radius 2 is 1.08 bits per heavy atom. The summed E-state index contributed by atoms with van der Waals surface area (Å²) in [5.74, 6) is -6.43. The van der Waals surface area contributed by atoms with Gasteiger partial charge in [0.15, 0.2) is 0 Å². The summed E-state index contributed by atoms with van der Waals surface area (Å²) < 4.78 is 50.9. The van der Waals surface area contributed by atoms with Gasteiger partial charge in [0.1, 0.15) is 0 Å². The zero-order valence-corrected chi connectivity index (χ0v) is 6.67. The van der Waals surface area contributed by atoms with Gasteiger partial charge in [0.25, 0.3) is 11.8 Å². The Morgan fingerprint density at radius 3 is 1.33 bits per heavy atom. The molecule has 1 rings (SSSR count). The summed E-state index contributed by atoms with van der Waals surface area (Å²) in [6, 6.07) is 0. The molecule has 0 saturated heterocycles. The quantitative estimate of drug-likeness (QED) is 0.396. The first-order valence-electron chi connectivity index (χ1n) is 3.42. The Morgan fingerprint density at radius 1 is 0.833 bits per heavy atom. The molecule has 0 fully saturated rings. The van der Waals surface area contributed by atoms with Crippen LogP contribution in [0.2, 0.25) is 0 Å². The summed E-state index contributed by atoms with van der Waals surface area (Å²) in [7, 11) is 0. The van der Waals surface area contributed by atoms with Gasteiger partial charge in [-0.05, 0) is 26.0 Å². The van der Waals surface area contributed by atoms with Crippen LogP contribution >= 0.6 is 0 Å². The smallest absolute Gasteiger partial charge is 0.197 e. The van der Waals surface area contributed by atoms with Crippen LogP contribution in [0.4, 0.5) is 17.6 Å². The summed E-state index contributed by atoms with van der Waals surface area (Å²) in [5.41, 5.74) is -1.12. The highest BCUT2D eigenvalue weighted by Gasteiger charge is 2.42. The highest BCUT2D eigenvalue weighted by Crippen LogP contribution is 2.40. The predicted octanol–water partition coefficient (Wildman–Crippen LogP) is 3.16. The number of halogens is 4. The molecule has 1 aliphatic rings. The zero-order valence-electron chi connectivity index (χ0n) is 6.67. The van der Waals surface area contributed by atoms with Crippen LogP contribution in [0.1, 0.15) is 13.8 Å². The van der Waals surface area contributed by atoms with Gasteiger partial charge in [0.05, 0.1) is 0 Å². The number of hydrogen-bond donors (Lipinski definition) is 0. The Labute approximate surface area is 67.6 Å². The zero-order chi connectivity index (χ0) is 9.57. The highest BCUT2D eigenvalue weighted by atomic mass is 19.3. The molecule has 0 bridgehead atoms. The maximum atomic E-state index is 12.7. The third-order valence-electron chi connectivity index (χ3n) is 2.06. The van der Waals surface area contributed by atoms with Crippen molar-refractivity contribution in [3.63, 3.8) is 0 Å². The molecule has 0 radical (unpaired) electrons. The fourth-order valence-corrected chi connectivity index (χ4v) is 0.959. The largest absolute Gasteiger partial charge is 0.288 e. The van der Waals surface area contributed by atoms with Gasteiger partial charge >= 0.3 is 0 Å². The summed E-state index contributed by atoms with van der Waals surface area (Å²) in [6.07, 6.45) is 0.491. The lowest BCUT2D eigenvalue weighted by Crippen LogP contribution is -2.28. The van der Waals surface area contributed by atoms with Gasteiger partial charge in [-0.3, -0.25) is 0 Å². The van der Waals surface area contributed by atoms with E-state index in [0.29, 0.717) is 0 Å². The molecule has 0 nitrogen and oxygen atoms in total. The van der Waals surface area contributed by atoms with E-state index in [9.17, 15) is 17.6 Å². The van der Waals surface area contributed by atoms with Crippen LogP contribution in [-0.2, 0) is 0 Å². The van der Waals surface area contributed by atoms with Gasteiger partial charge in [0, 0.05) is 11.1 Å². The van der Waals surface area contributed by atoms with Crippen molar-refractivity contribution in [3.8, 4) is 0 Å². The molecule has 0 spiro atoms. The summed E-state index contributed by atoms with van der Waals surface area (Å²) in [4.78, 5) is 0. The molecule has 0 N–H and O–H groups in total. The fourth-order valence-electron chi connectivity index (χ4n) is 0.959. The van der Waals surface area contributed by atoms with E-state index >= 15 is 0 Å². The molecule has 12 heavy (non-hydrogen) atoms. The van der Waals surface area contributed by atoms with Crippen LogP contribution < -0.4 is 0 Å². The molecule has 4 heteroatoms. The van der Waals surface area contributed by atoms with Crippen molar-refractivity contribution in [2.45, 2.75) is 25.7 Å². The van der Waals surface area contributed by atoms with E-state index in [-0.39, 0.29) is 12.2 Å². The Bertz CT molecular complexity index is 234. The minimum absolute atomic E-state index is 0.245. The van der Waals surface area contributed by atoms with Gasteiger partial charge < -0.3 is 0 Å². The third-order valence-corrected chi connectivity index (χ3v) is 2.06. The fraction of sp³-hybridized carbons (Fsp3) is 0.500. The molecule has 0 saturated carbocycles. The van der Waals surface area contributed by atoms with Gasteiger partial charge in [0.2, 0.25) is 0 Å². The molecular weight excluding hydrogens is 172 g/mol. The SMILES string of the molecule is CC1=C(C)C(F)(F)C=CC1(F)F. The summed E-state index contributed by atoms with van der Waals surface area (Å²) in [5, 5.41) is 0. The molecule has 0 aromatic heterocycles. The molecule has 0 heterocycles. The second kappa shape index (κ2) is 2.34. The number of alkyl halides is 4. The molecule has 1 aliphatic carbocycles. The van der Waals surface area contributed by atoms with Crippen molar-refractivity contribution in [2.75, 3.05) is 0 Å². The molecule has 0 atom stereocenters. The van der Waals surface area contributed by atoms with Crippen LogP contribution in [0, 0.1) is 0 Å². The van der Waals surface area contributed by atoms with Gasteiger partial charge in [-0.25, -0.2) is 0 Å². The standard InChI is InChI=1S/C8H8F4/c1-5-6(2)8(11,12)4-3-7(5,9)10/h3-4H,1-2H3. The van der Waals surface area contributed by atoms with Crippen molar-refractivity contribution in [1.29, 1.82) is 0 Å². The van der Waals surface area contributed by atoms with Crippen molar-refractivity contribution < 1.29 is 17.6 Å². The Kier molecular flexibility index (Phi) is 1.81. The third kappa shape index (κ3) is 1.26. The first-order chi connectivity index (χ1) is 5.27. The van der Waals surface area contributed by atoms with E-state index in [0.717, 1.165) is 13.8 Å². The van der Waals surface area contributed by atoms with Crippen LogP contribution in [0.3, 0.4) is 0 Å². The van der Waals surface area contributed by atoms with Gasteiger partial charge in [-0.15, -0.1) is 0 Å². The van der Waals surface area contributed by atoms with Crippen molar-refractivity contribution in [2.24, 2.45) is 0 Å². The lowest BCUT2D eigenvalue weighted by molar-refractivity contribution is 0.0515. The van der Waals surface area contributed by atoms with Gasteiger partial charge in [-0.2, -0.15) is 17.6 Å². The lowest BCUT2D eigenvalue weighted by Gasteiger charge is -2.25. The normalized spacial score (nSPS) is 26.2. The minimum Gasteiger partial charge on any atom is -0.197 e. The lowest BCUT2D eigenvalue weighted by atomic mass is 9.94. The van der Waals surface area contributed by atoms with Crippen molar-refractivity contribution in [1.82, 2.24) is 0 Å². The van der Waals surface area contributed by atoms with Crippen molar-refractivity contribution in [3.05, 3.63) is 23.3 Å². The van der Waals surface area contributed by atoms with E-state index < -0.39 is 23.0 Å². The Hall–Kier alpha value is -0.800. The maximum absolute atomic E-state index is 12.7. The average molecular weight is 180 g/mol. The molecule has 0 unspecified atom stereocenters. The molecule has 0 amide bonds. The molecule has 0 aromatic rings. The highest BCUT2D eigenvalue weighted by molar-refractivity contribution is 5.36. The van der Waals surface area contributed by atoms with E-state index in [2.05, 4.69) is 0 Å². The van der Waals surface area contributed by atoms with Crippen LogP contribution in [0.5, 0.6) is 0 Å². The summed E-state index contributed by atoms with van der Waals surface area (Å²) in [6.45, 7) is 2.04. The number of allylic oxidation sites excluding steroid dienone is 4. The van der Waals surface area contributed by atoms with Crippen molar-refractivity contribution >= 4 is 0 Å². The predicted molar refractivity (Wildman–Crippen MR) is 37.4 cm³/mol. The van der Waals surface area contributed by atoms with Crippen LogP contribution in [0.25, 0.3) is 0 Å². The molecule has 0 aliphatic heterocycles. The van der Waals surface area contributed by atoms with E-state index in [1.54, 1.807) is 0 Å².